The number of thioether (sulfide) groups is 1. The molecule has 11 heteroatoms. The molecule has 228 valence electrons. The molecule has 0 saturated carbocycles. The number of unbranched alkanes of at least 4 members (excludes halogenated alkanes) is 10. The zero-order valence-electron chi connectivity index (χ0n) is 24.5. The minimum atomic E-state index is -3.80. The lowest BCUT2D eigenvalue weighted by Crippen LogP contribution is -2.17. The molecule has 0 radical (unpaired) electrons. The fraction of sp³-hybridized carbons (Fsp3) is 0.633. The summed E-state index contributed by atoms with van der Waals surface area (Å²) in [5.41, 5.74) is 8.40. The Bertz CT molecular complexity index is 1170. The van der Waals surface area contributed by atoms with Crippen LogP contribution < -0.4 is 5.73 Å². The lowest BCUT2D eigenvalue weighted by atomic mass is 10.0. The smallest absolute Gasteiger partial charge is 0.353 e. The summed E-state index contributed by atoms with van der Waals surface area (Å²) in [4.78, 5) is 22.4. The van der Waals surface area contributed by atoms with Crippen LogP contribution in [0.3, 0.4) is 0 Å². The molecular formula is C30H48N5O4PS. The Morgan fingerprint density at radius 3 is 2.29 bits per heavy atom. The molecule has 9 nitrogen and oxygen atoms in total. The normalized spacial score (nSPS) is 13.9. The van der Waals surface area contributed by atoms with Gasteiger partial charge in [0.2, 0.25) is 0 Å². The van der Waals surface area contributed by atoms with Crippen LogP contribution in [0.25, 0.3) is 11.2 Å². The molecular weight excluding hydrogens is 557 g/mol. The summed E-state index contributed by atoms with van der Waals surface area (Å²) in [5, 5.41) is 0. The molecule has 0 aliphatic rings. The molecule has 0 fully saturated rings. The SMILES string of the molecule is C[C@H](Cn1cnc2c(N)ncnc21)OCP(=O)(O)OCCSCCCCCCCCCCCCCc1ccccc1. The van der Waals surface area contributed by atoms with Gasteiger partial charge >= 0.3 is 7.60 Å². The molecule has 0 spiro atoms. The molecule has 1 unspecified atom stereocenters. The predicted molar refractivity (Wildman–Crippen MR) is 169 cm³/mol. The van der Waals surface area contributed by atoms with Gasteiger partial charge in [-0.05, 0) is 37.5 Å². The second kappa shape index (κ2) is 19.3. The van der Waals surface area contributed by atoms with Crippen molar-refractivity contribution >= 4 is 36.3 Å². The third-order valence-corrected chi connectivity index (χ3v) is 9.12. The number of nitrogens with two attached hydrogens (primary N) is 1. The van der Waals surface area contributed by atoms with Gasteiger partial charge in [-0.1, -0.05) is 88.1 Å². The first-order valence-corrected chi connectivity index (χ1v) is 18.0. The highest BCUT2D eigenvalue weighted by atomic mass is 32.2. The van der Waals surface area contributed by atoms with Gasteiger partial charge in [-0.15, -0.1) is 0 Å². The van der Waals surface area contributed by atoms with Crippen molar-refractivity contribution in [1.82, 2.24) is 19.5 Å². The van der Waals surface area contributed by atoms with Crippen LogP contribution in [0.4, 0.5) is 5.82 Å². The highest BCUT2D eigenvalue weighted by Gasteiger charge is 2.21. The zero-order chi connectivity index (χ0) is 29.2. The summed E-state index contributed by atoms with van der Waals surface area (Å²) < 4.78 is 24.9. The van der Waals surface area contributed by atoms with E-state index in [0.717, 1.165) is 5.75 Å². The van der Waals surface area contributed by atoms with Crippen LogP contribution in [0.5, 0.6) is 0 Å². The van der Waals surface area contributed by atoms with Gasteiger partial charge in [0.15, 0.2) is 11.5 Å². The van der Waals surface area contributed by atoms with Crippen molar-refractivity contribution in [2.45, 2.75) is 96.6 Å². The zero-order valence-corrected chi connectivity index (χ0v) is 26.2. The number of hydrogen-bond acceptors (Lipinski definition) is 8. The number of anilines is 1. The van der Waals surface area contributed by atoms with Gasteiger partial charge in [-0.2, -0.15) is 11.8 Å². The molecule has 41 heavy (non-hydrogen) atoms. The Hall–Kier alpha value is -1.97. The summed E-state index contributed by atoms with van der Waals surface area (Å²) in [6, 6.07) is 10.8. The maximum absolute atomic E-state index is 12.3. The Morgan fingerprint density at radius 1 is 0.927 bits per heavy atom. The van der Waals surface area contributed by atoms with Crippen molar-refractivity contribution in [1.29, 1.82) is 0 Å². The first-order chi connectivity index (χ1) is 19.9. The number of rotatable bonds is 23. The molecule has 3 N–H and O–H groups in total. The maximum Gasteiger partial charge on any atom is 0.353 e. The van der Waals surface area contributed by atoms with Crippen molar-refractivity contribution in [3.8, 4) is 0 Å². The van der Waals surface area contributed by atoms with Crippen molar-refractivity contribution in [3.63, 3.8) is 0 Å². The highest BCUT2D eigenvalue weighted by molar-refractivity contribution is 7.99. The number of benzene rings is 1. The summed E-state index contributed by atoms with van der Waals surface area (Å²) >= 11 is 1.77. The Morgan fingerprint density at radius 2 is 1.59 bits per heavy atom. The van der Waals surface area contributed by atoms with E-state index in [2.05, 4.69) is 45.3 Å². The monoisotopic (exact) mass is 605 g/mol. The number of imidazole rings is 1. The molecule has 0 aliphatic heterocycles. The van der Waals surface area contributed by atoms with Crippen LogP contribution in [0.2, 0.25) is 0 Å². The van der Waals surface area contributed by atoms with E-state index in [-0.39, 0.29) is 19.1 Å². The van der Waals surface area contributed by atoms with Crippen LogP contribution in [0.1, 0.15) is 83.1 Å². The quantitative estimate of drug-likeness (QED) is 0.0850. The summed E-state index contributed by atoms with van der Waals surface area (Å²) in [6.07, 6.45) is 18.0. The van der Waals surface area contributed by atoms with E-state index in [0.29, 0.717) is 29.3 Å². The van der Waals surface area contributed by atoms with Crippen LogP contribution in [-0.2, 0) is 26.8 Å². The Balaban J connectivity index is 1.08. The van der Waals surface area contributed by atoms with Crippen LogP contribution in [0.15, 0.2) is 43.0 Å². The molecule has 1 aromatic carbocycles. The maximum atomic E-state index is 12.3. The Kier molecular flexibility index (Phi) is 15.8. The van der Waals surface area contributed by atoms with Crippen molar-refractivity contribution in [2.75, 3.05) is 30.2 Å². The predicted octanol–water partition coefficient (Wildman–Crippen LogP) is 7.24. The lowest BCUT2D eigenvalue weighted by molar-refractivity contribution is 0.0724. The van der Waals surface area contributed by atoms with Gasteiger partial charge in [0, 0.05) is 5.75 Å². The molecule has 3 aromatic rings. The number of aryl methyl sites for hydroxylation is 1. The first-order valence-electron chi connectivity index (χ1n) is 15.1. The van der Waals surface area contributed by atoms with E-state index in [1.165, 1.54) is 88.9 Å². The number of nitrogen functional groups attached to an aromatic ring is 1. The van der Waals surface area contributed by atoms with Crippen molar-refractivity contribution < 1.29 is 18.7 Å². The summed E-state index contributed by atoms with van der Waals surface area (Å²) in [7, 11) is -3.80. The summed E-state index contributed by atoms with van der Waals surface area (Å²) in [5.74, 6) is 2.08. The van der Waals surface area contributed by atoms with E-state index in [1.807, 2.05) is 6.92 Å². The average molecular weight is 606 g/mol. The molecule has 0 aliphatic carbocycles. The first kappa shape index (κ1) is 33.5. The van der Waals surface area contributed by atoms with Gasteiger partial charge < -0.3 is 24.5 Å². The third kappa shape index (κ3) is 13.7. The number of aromatic nitrogens is 4. The number of nitrogens with zero attached hydrogens (tertiary/aromatic N) is 4. The van der Waals surface area contributed by atoms with Gasteiger partial charge in [0.1, 0.15) is 18.2 Å². The van der Waals surface area contributed by atoms with Crippen LogP contribution in [-0.4, -0.2) is 55.0 Å². The van der Waals surface area contributed by atoms with E-state index < -0.39 is 7.60 Å². The number of ether oxygens (including phenoxy) is 1. The van der Waals surface area contributed by atoms with Gasteiger partial charge in [-0.3, -0.25) is 4.57 Å². The lowest BCUT2D eigenvalue weighted by Gasteiger charge is -2.17. The third-order valence-electron chi connectivity index (χ3n) is 7.02. The second-order valence-electron chi connectivity index (χ2n) is 10.6. The van der Waals surface area contributed by atoms with Crippen molar-refractivity contribution in [2.24, 2.45) is 0 Å². The fourth-order valence-corrected chi connectivity index (χ4v) is 6.56. The second-order valence-corrected chi connectivity index (χ2v) is 13.7. The van der Waals surface area contributed by atoms with Gasteiger partial charge in [0.25, 0.3) is 0 Å². The number of fused-ring (bicyclic) bond motifs is 1. The highest BCUT2D eigenvalue weighted by Crippen LogP contribution is 2.42. The molecule has 3 rings (SSSR count). The van der Waals surface area contributed by atoms with E-state index in [9.17, 15) is 9.46 Å². The summed E-state index contributed by atoms with van der Waals surface area (Å²) in [6.45, 7) is 2.48. The molecule has 2 heterocycles. The Labute approximate surface area is 249 Å². The van der Waals surface area contributed by atoms with Crippen LogP contribution >= 0.6 is 19.4 Å². The molecule has 2 aromatic heterocycles. The minimum Gasteiger partial charge on any atom is -0.382 e. The fourth-order valence-electron chi connectivity index (χ4n) is 4.73. The molecule has 0 bridgehead atoms. The number of hydrogen-bond donors (Lipinski definition) is 2. The molecule has 0 saturated heterocycles. The largest absolute Gasteiger partial charge is 0.382 e. The van der Waals surface area contributed by atoms with E-state index in [4.69, 9.17) is 15.0 Å². The average Bonchev–Trinajstić information content (AvgIpc) is 3.38. The van der Waals surface area contributed by atoms with E-state index >= 15 is 0 Å². The van der Waals surface area contributed by atoms with Crippen LogP contribution in [0, 0.1) is 0 Å². The molecule has 0 amide bonds. The topological polar surface area (TPSA) is 125 Å². The van der Waals surface area contributed by atoms with E-state index in [1.54, 1.807) is 22.7 Å². The molecule has 2 atom stereocenters. The van der Waals surface area contributed by atoms with Gasteiger partial charge in [-0.25, -0.2) is 15.0 Å². The minimum absolute atomic E-state index is 0.241. The standard InChI is InChI=1S/C30H48N5O4PS/c1-26(22-35-24-34-28-29(31)32-23-33-30(28)35)38-25-40(36,37)39-19-21-41-20-15-10-8-6-4-2-3-5-7-9-12-16-27-17-13-11-14-18-27/h11,13-14,17-18,23-24,26H,2-10,12,15-16,19-22,25H2,1H3,(H,36,37)(H2,31,32,33)/t26-/m1/s1. The van der Waals surface area contributed by atoms with Gasteiger partial charge in [0.05, 0.1) is 25.6 Å². The van der Waals surface area contributed by atoms with Crippen molar-refractivity contribution in [3.05, 3.63) is 48.5 Å².